The molecule has 0 saturated heterocycles. The zero-order valence-electron chi connectivity index (χ0n) is 10.4. The van der Waals surface area contributed by atoms with Gasteiger partial charge in [-0.2, -0.15) is 5.10 Å². The van der Waals surface area contributed by atoms with Crippen LogP contribution in [-0.2, 0) is 25.9 Å². The maximum atomic E-state index is 11.4. The van der Waals surface area contributed by atoms with Crippen molar-refractivity contribution in [2.75, 3.05) is 18.1 Å². The van der Waals surface area contributed by atoms with Crippen molar-refractivity contribution in [1.29, 1.82) is 0 Å². The smallest absolute Gasteiger partial charge is 0.327 e. The largest absolute Gasteiger partial charge is 0.463 e. The lowest BCUT2D eigenvalue weighted by atomic mass is 10.6. The number of carbonyl (C=O) groups is 1. The van der Waals surface area contributed by atoms with Gasteiger partial charge < -0.3 is 10.5 Å². The van der Waals surface area contributed by atoms with Gasteiger partial charge in [-0.25, -0.2) is 8.42 Å². The maximum absolute atomic E-state index is 11.4. The molecule has 0 atom stereocenters. The molecule has 0 radical (unpaired) electrons. The number of carbonyl (C=O) groups excluding carboxylic acids is 1. The van der Waals surface area contributed by atoms with Crippen LogP contribution < -0.4 is 5.73 Å². The van der Waals surface area contributed by atoms with Crippen molar-refractivity contribution in [3.8, 4) is 0 Å². The number of rotatable bonds is 6. The van der Waals surface area contributed by atoms with E-state index in [1.807, 2.05) is 0 Å². The number of aromatic nitrogens is 2. The highest BCUT2D eigenvalue weighted by Crippen LogP contribution is 2.01. The van der Waals surface area contributed by atoms with E-state index in [1.54, 1.807) is 26.1 Å². The molecule has 1 heterocycles. The molecule has 0 unspecified atom stereocenters. The Morgan fingerprint density at radius 3 is 2.72 bits per heavy atom. The second-order valence-corrected chi connectivity index (χ2v) is 6.75. The number of nitrogens with zero attached hydrogens (tertiary/aromatic N) is 2. The molecule has 0 aliphatic carbocycles. The van der Waals surface area contributed by atoms with Crippen LogP contribution in [-0.4, -0.2) is 41.8 Å². The number of sulfone groups is 1. The topological polar surface area (TPSA) is 104 Å². The highest BCUT2D eigenvalue weighted by Gasteiger charge is 2.16. The molecule has 8 heteroatoms. The fraction of sp³-hybridized carbons (Fsp3) is 0.600. The Morgan fingerprint density at radius 2 is 2.22 bits per heavy atom. The molecule has 0 fully saturated rings. The number of nitrogens with two attached hydrogens (primary N) is 1. The number of hydrogen-bond donors (Lipinski definition) is 1. The average molecular weight is 275 g/mol. The van der Waals surface area contributed by atoms with Crippen molar-refractivity contribution in [3.05, 3.63) is 12.3 Å². The minimum Gasteiger partial charge on any atom is -0.463 e. The van der Waals surface area contributed by atoms with Crippen molar-refractivity contribution >= 4 is 21.6 Å². The van der Waals surface area contributed by atoms with Gasteiger partial charge in [-0.1, -0.05) is 0 Å². The van der Waals surface area contributed by atoms with E-state index in [-0.39, 0.29) is 18.9 Å². The second-order valence-electron chi connectivity index (χ2n) is 4.07. The number of anilines is 1. The van der Waals surface area contributed by atoms with Gasteiger partial charge in [0.25, 0.3) is 0 Å². The fourth-order valence-corrected chi connectivity index (χ4v) is 1.94. The average Bonchev–Trinajstić information content (AvgIpc) is 2.63. The summed E-state index contributed by atoms with van der Waals surface area (Å²) in [5, 5.41) is 3.34. The molecule has 0 saturated carbocycles. The van der Waals surface area contributed by atoms with Crippen LogP contribution in [0.2, 0.25) is 0 Å². The summed E-state index contributed by atoms with van der Waals surface area (Å²) in [6.07, 6.45) is 1.54. The molecule has 0 aromatic carbocycles. The number of esters is 1. The van der Waals surface area contributed by atoms with Gasteiger partial charge in [0.15, 0.2) is 9.84 Å². The van der Waals surface area contributed by atoms with E-state index in [4.69, 9.17) is 10.5 Å². The Balaban J connectivity index is 2.34. The van der Waals surface area contributed by atoms with Gasteiger partial charge in [0, 0.05) is 6.20 Å². The van der Waals surface area contributed by atoms with Crippen LogP contribution in [0.3, 0.4) is 0 Å². The third kappa shape index (κ3) is 4.36. The van der Waals surface area contributed by atoms with Crippen molar-refractivity contribution < 1.29 is 17.9 Å². The van der Waals surface area contributed by atoms with Crippen molar-refractivity contribution in [2.45, 2.75) is 25.6 Å². The van der Waals surface area contributed by atoms with E-state index in [9.17, 15) is 13.2 Å². The Hall–Kier alpha value is -1.57. The molecule has 1 aromatic heterocycles. The Morgan fingerprint density at radius 1 is 1.56 bits per heavy atom. The molecule has 7 nitrogen and oxygen atoms in total. The van der Waals surface area contributed by atoms with E-state index in [0.29, 0.717) is 5.82 Å². The van der Waals surface area contributed by atoms with Crippen LogP contribution in [0.5, 0.6) is 0 Å². The van der Waals surface area contributed by atoms with Crippen LogP contribution in [0.4, 0.5) is 5.82 Å². The van der Waals surface area contributed by atoms with Gasteiger partial charge in [0.2, 0.25) is 0 Å². The maximum Gasteiger partial charge on any atom is 0.327 e. The zero-order valence-corrected chi connectivity index (χ0v) is 11.2. The van der Waals surface area contributed by atoms with E-state index in [1.165, 1.54) is 4.68 Å². The summed E-state index contributed by atoms with van der Waals surface area (Å²) in [5.74, 6) is -0.403. The molecule has 1 rings (SSSR count). The van der Waals surface area contributed by atoms with Gasteiger partial charge in [0.1, 0.15) is 19.0 Å². The molecule has 1 aromatic rings. The lowest BCUT2D eigenvalue weighted by Crippen LogP contribution is -2.23. The van der Waals surface area contributed by atoms with Crippen molar-refractivity contribution in [3.63, 3.8) is 0 Å². The van der Waals surface area contributed by atoms with Crippen LogP contribution in [0, 0.1) is 0 Å². The molecule has 0 aliphatic heterocycles. The number of ether oxygens (including phenoxy) is 1. The first-order valence-corrected chi connectivity index (χ1v) is 7.19. The number of nitrogen functional groups attached to an aromatic ring is 1. The van der Waals surface area contributed by atoms with Gasteiger partial charge >= 0.3 is 5.97 Å². The molecule has 0 amide bonds. The summed E-state index contributed by atoms with van der Waals surface area (Å²) in [5.41, 5.74) is 5.38. The van der Waals surface area contributed by atoms with E-state index >= 15 is 0 Å². The van der Waals surface area contributed by atoms with E-state index < -0.39 is 21.1 Å². The minimum absolute atomic E-state index is 0.0844. The summed E-state index contributed by atoms with van der Waals surface area (Å²) < 4.78 is 29.0. The molecule has 0 spiro atoms. The number of hydrogen-bond acceptors (Lipinski definition) is 6. The summed E-state index contributed by atoms with van der Waals surface area (Å²) in [4.78, 5) is 11.4. The summed E-state index contributed by atoms with van der Waals surface area (Å²) in [6, 6.07) is 1.55. The third-order valence-corrected chi connectivity index (χ3v) is 4.47. The van der Waals surface area contributed by atoms with Crippen LogP contribution in [0.15, 0.2) is 12.3 Å². The predicted octanol–water partition coefficient (Wildman–Crippen LogP) is -0.168. The van der Waals surface area contributed by atoms with Crippen LogP contribution in [0.1, 0.15) is 13.8 Å². The van der Waals surface area contributed by atoms with E-state index in [2.05, 4.69) is 5.10 Å². The lowest BCUT2D eigenvalue weighted by molar-refractivity contribution is -0.143. The van der Waals surface area contributed by atoms with Gasteiger partial charge in [-0.3, -0.25) is 9.48 Å². The summed E-state index contributed by atoms with van der Waals surface area (Å²) in [7, 11) is -3.18. The van der Waals surface area contributed by atoms with Crippen molar-refractivity contribution in [1.82, 2.24) is 9.78 Å². The quantitative estimate of drug-likeness (QED) is 0.723. The minimum atomic E-state index is -3.18. The molecule has 0 aliphatic rings. The Labute approximate surface area is 106 Å². The standard InChI is InChI=1S/C10H17N3O4S/c1-8(2)18(15,16)6-5-17-10(14)7-13-4-3-9(11)12-13/h3-4,8H,5-7H2,1-2H3,(H2,11,12). The van der Waals surface area contributed by atoms with E-state index in [0.717, 1.165) is 0 Å². The fourth-order valence-electron chi connectivity index (χ4n) is 1.15. The highest BCUT2D eigenvalue weighted by molar-refractivity contribution is 7.91. The first-order valence-electron chi connectivity index (χ1n) is 5.47. The zero-order chi connectivity index (χ0) is 13.8. The molecule has 2 N–H and O–H groups in total. The monoisotopic (exact) mass is 275 g/mol. The molecule has 18 heavy (non-hydrogen) atoms. The summed E-state index contributed by atoms with van der Waals surface area (Å²) in [6.45, 7) is 2.95. The summed E-state index contributed by atoms with van der Waals surface area (Å²) >= 11 is 0. The normalized spacial score (nSPS) is 11.7. The molecule has 0 bridgehead atoms. The Bertz CT molecular complexity index is 507. The van der Waals surface area contributed by atoms with Crippen LogP contribution >= 0.6 is 0 Å². The molecule has 102 valence electrons. The first-order chi connectivity index (χ1) is 8.31. The molecular formula is C10H17N3O4S. The molecular weight excluding hydrogens is 258 g/mol. The van der Waals surface area contributed by atoms with Crippen LogP contribution in [0.25, 0.3) is 0 Å². The highest BCUT2D eigenvalue weighted by atomic mass is 32.2. The SMILES string of the molecule is CC(C)S(=O)(=O)CCOC(=O)Cn1ccc(N)n1. The lowest BCUT2D eigenvalue weighted by Gasteiger charge is -2.08. The Kier molecular flexibility index (Phi) is 4.71. The predicted molar refractivity (Wildman–Crippen MR) is 66.5 cm³/mol. The second kappa shape index (κ2) is 5.85. The van der Waals surface area contributed by atoms with Crippen molar-refractivity contribution in [2.24, 2.45) is 0 Å². The van der Waals surface area contributed by atoms with Gasteiger partial charge in [-0.15, -0.1) is 0 Å². The van der Waals surface area contributed by atoms with Gasteiger partial charge in [0.05, 0.1) is 11.0 Å². The third-order valence-electron chi connectivity index (χ3n) is 2.30. The first kappa shape index (κ1) is 14.5. The van der Waals surface area contributed by atoms with Gasteiger partial charge in [-0.05, 0) is 19.9 Å².